The number of aryl methyl sites for hydroxylation is 1. The summed E-state index contributed by atoms with van der Waals surface area (Å²) >= 11 is 2.84. The third-order valence-corrected chi connectivity index (χ3v) is 6.01. The summed E-state index contributed by atoms with van der Waals surface area (Å²) in [6, 6.07) is 5.89. The SMILES string of the molecule is Cc1c(C)c2ccc(OCc3nnc(C(C)C)s3)cc2sc1=O. The van der Waals surface area contributed by atoms with Crippen LogP contribution in [0.15, 0.2) is 23.0 Å². The van der Waals surface area contributed by atoms with Crippen LogP contribution in [0, 0.1) is 13.8 Å². The number of nitrogens with zero attached hydrogens (tertiary/aromatic N) is 2. The molecule has 0 aliphatic rings. The van der Waals surface area contributed by atoms with Gasteiger partial charge in [-0.1, -0.05) is 36.5 Å². The molecule has 120 valence electrons. The van der Waals surface area contributed by atoms with Gasteiger partial charge in [0.15, 0.2) is 5.01 Å². The van der Waals surface area contributed by atoms with Crippen molar-refractivity contribution >= 4 is 32.8 Å². The van der Waals surface area contributed by atoms with Gasteiger partial charge in [-0.3, -0.25) is 4.79 Å². The van der Waals surface area contributed by atoms with Crippen molar-refractivity contribution in [1.29, 1.82) is 0 Å². The molecule has 3 rings (SSSR count). The van der Waals surface area contributed by atoms with Gasteiger partial charge >= 0.3 is 0 Å². The number of aromatic nitrogens is 2. The molecule has 2 aromatic heterocycles. The molecule has 0 aliphatic carbocycles. The minimum atomic E-state index is 0.109. The van der Waals surface area contributed by atoms with E-state index in [0.717, 1.165) is 37.0 Å². The molecule has 6 heteroatoms. The molecule has 0 fully saturated rings. The molecule has 0 unspecified atom stereocenters. The Labute approximate surface area is 142 Å². The largest absolute Gasteiger partial charge is 0.486 e. The lowest BCUT2D eigenvalue weighted by Crippen LogP contribution is -2.02. The average molecular weight is 346 g/mol. The molecule has 0 saturated heterocycles. The van der Waals surface area contributed by atoms with E-state index in [1.54, 1.807) is 11.3 Å². The minimum absolute atomic E-state index is 0.109. The minimum Gasteiger partial charge on any atom is -0.486 e. The van der Waals surface area contributed by atoms with Crippen LogP contribution < -0.4 is 9.48 Å². The van der Waals surface area contributed by atoms with Gasteiger partial charge in [0.05, 0.1) is 0 Å². The number of benzene rings is 1. The Bertz CT molecular complexity index is 913. The first kappa shape index (κ1) is 16.1. The molecular weight excluding hydrogens is 328 g/mol. The van der Waals surface area contributed by atoms with Gasteiger partial charge in [-0.25, -0.2) is 0 Å². The third-order valence-electron chi connectivity index (χ3n) is 3.77. The van der Waals surface area contributed by atoms with E-state index < -0.39 is 0 Å². The van der Waals surface area contributed by atoms with Crippen molar-refractivity contribution in [2.24, 2.45) is 0 Å². The van der Waals surface area contributed by atoms with Crippen LogP contribution in [0.25, 0.3) is 10.1 Å². The Morgan fingerprint density at radius 2 is 1.91 bits per heavy atom. The van der Waals surface area contributed by atoms with Crippen molar-refractivity contribution in [2.45, 2.75) is 40.2 Å². The van der Waals surface area contributed by atoms with Gasteiger partial charge in [0, 0.05) is 16.2 Å². The molecule has 4 nitrogen and oxygen atoms in total. The Kier molecular flexibility index (Phi) is 4.46. The second kappa shape index (κ2) is 6.37. The van der Waals surface area contributed by atoms with Crippen LogP contribution in [0.3, 0.4) is 0 Å². The summed E-state index contributed by atoms with van der Waals surface area (Å²) in [5.41, 5.74) is 1.87. The standard InChI is InChI=1S/C17H18N2O2S2/c1-9(2)16-19-18-15(23-16)8-21-12-5-6-13-10(3)11(4)17(20)22-14(13)7-12/h5-7,9H,8H2,1-4H3. The molecule has 0 amide bonds. The molecule has 0 aliphatic heterocycles. The second-order valence-corrected chi connectivity index (χ2v) is 7.88. The maximum Gasteiger partial charge on any atom is 0.236 e. The Morgan fingerprint density at radius 3 is 2.61 bits per heavy atom. The molecule has 2 heterocycles. The fourth-order valence-corrected chi connectivity index (χ4v) is 3.99. The van der Waals surface area contributed by atoms with Crippen molar-refractivity contribution in [3.05, 3.63) is 48.9 Å². The Balaban J connectivity index is 1.83. The molecule has 0 radical (unpaired) electrons. The lowest BCUT2D eigenvalue weighted by atomic mass is 10.1. The zero-order valence-electron chi connectivity index (χ0n) is 13.5. The topological polar surface area (TPSA) is 52.1 Å². The van der Waals surface area contributed by atoms with Gasteiger partial charge in [-0.2, -0.15) is 0 Å². The molecule has 0 N–H and O–H groups in total. The smallest absolute Gasteiger partial charge is 0.236 e. The maximum absolute atomic E-state index is 12.0. The van der Waals surface area contributed by atoms with E-state index in [4.69, 9.17) is 4.74 Å². The first-order chi connectivity index (χ1) is 11.0. The zero-order chi connectivity index (χ0) is 16.6. The van der Waals surface area contributed by atoms with E-state index >= 15 is 0 Å². The molecule has 0 spiro atoms. The highest BCUT2D eigenvalue weighted by Gasteiger charge is 2.10. The predicted molar refractivity (Wildman–Crippen MR) is 95.9 cm³/mol. The van der Waals surface area contributed by atoms with Crippen LogP contribution in [-0.2, 0) is 6.61 Å². The van der Waals surface area contributed by atoms with E-state index in [-0.39, 0.29) is 4.74 Å². The predicted octanol–water partition coefficient (Wildman–Crippen LogP) is 4.43. The summed E-state index contributed by atoms with van der Waals surface area (Å²) in [7, 11) is 0. The van der Waals surface area contributed by atoms with Crippen molar-refractivity contribution in [1.82, 2.24) is 10.2 Å². The van der Waals surface area contributed by atoms with Crippen LogP contribution in [0.2, 0.25) is 0 Å². The molecule has 1 aromatic carbocycles. The first-order valence-corrected chi connectivity index (χ1v) is 9.08. The van der Waals surface area contributed by atoms with Gasteiger partial charge in [0.2, 0.25) is 4.74 Å². The summed E-state index contributed by atoms with van der Waals surface area (Å²) in [5.74, 6) is 1.13. The van der Waals surface area contributed by atoms with E-state index in [1.807, 2.05) is 32.0 Å². The number of rotatable bonds is 4. The number of ether oxygens (including phenoxy) is 1. The monoisotopic (exact) mass is 346 g/mol. The van der Waals surface area contributed by atoms with E-state index in [9.17, 15) is 4.79 Å². The van der Waals surface area contributed by atoms with Gasteiger partial charge in [0.1, 0.15) is 17.4 Å². The zero-order valence-corrected chi connectivity index (χ0v) is 15.2. The molecular formula is C17H18N2O2S2. The van der Waals surface area contributed by atoms with Gasteiger partial charge in [0.25, 0.3) is 0 Å². The first-order valence-electron chi connectivity index (χ1n) is 7.45. The van der Waals surface area contributed by atoms with Crippen LogP contribution in [0.1, 0.15) is 40.9 Å². The fourth-order valence-electron chi connectivity index (χ4n) is 2.22. The van der Waals surface area contributed by atoms with Gasteiger partial charge in [-0.05, 0) is 43.0 Å². The highest BCUT2D eigenvalue weighted by molar-refractivity contribution is 7.16. The molecule has 0 saturated carbocycles. The Morgan fingerprint density at radius 1 is 1.13 bits per heavy atom. The van der Waals surface area contributed by atoms with Crippen molar-refractivity contribution < 1.29 is 4.74 Å². The number of fused-ring (bicyclic) bond motifs is 1. The van der Waals surface area contributed by atoms with Crippen LogP contribution in [0.4, 0.5) is 0 Å². The number of hydrogen-bond donors (Lipinski definition) is 0. The van der Waals surface area contributed by atoms with E-state index in [1.165, 1.54) is 11.3 Å². The quantitative estimate of drug-likeness (QED) is 0.701. The highest BCUT2D eigenvalue weighted by atomic mass is 32.1. The fraction of sp³-hybridized carbons (Fsp3) is 0.353. The lowest BCUT2D eigenvalue weighted by Gasteiger charge is -2.07. The van der Waals surface area contributed by atoms with Crippen LogP contribution in [-0.4, -0.2) is 10.2 Å². The van der Waals surface area contributed by atoms with E-state index in [2.05, 4.69) is 24.0 Å². The number of hydrogen-bond acceptors (Lipinski definition) is 6. The summed E-state index contributed by atoms with van der Waals surface area (Å²) < 4.78 is 6.88. The average Bonchev–Trinajstić information content (AvgIpc) is 3.00. The lowest BCUT2D eigenvalue weighted by molar-refractivity contribution is 0.305. The van der Waals surface area contributed by atoms with Gasteiger partial charge in [-0.15, -0.1) is 10.2 Å². The molecule has 23 heavy (non-hydrogen) atoms. The van der Waals surface area contributed by atoms with Crippen molar-refractivity contribution in [2.75, 3.05) is 0 Å². The molecule has 0 atom stereocenters. The summed E-state index contributed by atoms with van der Waals surface area (Å²) in [6.07, 6.45) is 0. The van der Waals surface area contributed by atoms with Crippen LogP contribution in [0.5, 0.6) is 5.75 Å². The summed E-state index contributed by atoms with van der Waals surface area (Å²) in [5, 5.41) is 11.3. The maximum atomic E-state index is 12.0. The molecule has 0 bridgehead atoms. The van der Waals surface area contributed by atoms with Gasteiger partial charge < -0.3 is 4.74 Å². The third kappa shape index (κ3) is 3.28. The Hall–Kier alpha value is -1.79. The normalized spacial score (nSPS) is 11.3. The van der Waals surface area contributed by atoms with E-state index in [0.29, 0.717) is 12.5 Å². The molecule has 3 aromatic rings. The summed E-state index contributed by atoms with van der Waals surface area (Å²) in [4.78, 5) is 12.0. The summed E-state index contributed by atoms with van der Waals surface area (Å²) in [6.45, 7) is 8.46. The van der Waals surface area contributed by atoms with Crippen molar-refractivity contribution in [3.63, 3.8) is 0 Å². The van der Waals surface area contributed by atoms with Crippen molar-refractivity contribution in [3.8, 4) is 5.75 Å². The highest BCUT2D eigenvalue weighted by Crippen LogP contribution is 2.27. The second-order valence-electron chi connectivity index (χ2n) is 5.77. The van der Waals surface area contributed by atoms with Crippen LogP contribution >= 0.6 is 22.7 Å².